The minimum atomic E-state index is 0.120. The summed E-state index contributed by atoms with van der Waals surface area (Å²) >= 11 is 0. The van der Waals surface area contributed by atoms with Crippen molar-refractivity contribution in [1.29, 1.82) is 0 Å². The van der Waals surface area contributed by atoms with Crippen LogP contribution in [0, 0.1) is 0 Å². The van der Waals surface area contributed by atoms with Gasteiger partial charge >= 0.3 is 0 Å². The van der Waals surface area contributed by atoms with Crippen LogP contribution < -0.4 is 11.1 Å². The second-order valence-corrected chi connectivity index (χ2v) is 4.17. The molecular formula is C13H28N2O3. The number of carbonyl (C=O) groups excluding carboxylic acids is 1. The van der Waals surface area contributed by atoms with Crippen molar-refractivity contribution in [2.75, 3.05) is 39.5 Å². The molecule has 0 saturated carbocycles. The van der Waals surface area contributed by atoms with Gasteiger partial charge in [-0.15, -0.1) is 0 Å². The minimum Gasteiger partial charge on any atom is -0.378 e. The Hall–Kier alpha value is -0.650. The number of rotatable bonds is 13. The molecule has 0 unspecified atom stereocenters. The Bertz CT molecular complexity index is 189. The van der Waals surface area contributed by atoms with Crippen molar-refractivity contribution in [3.63, 3.8) is 0 Å². The second kappa shape index (κ2) is 14.4. The van der Waals surface area contributed by atoms with Crippen molar-refractivity contribution in [3.05, 3.63) is 0 Å². The van der Waals surface area contributed by atoms with Crippen LogP contribution in [0.5, 0.6) is 0 Å². The molecule has 5 heteroatoms. The van der Waals surface area contributed by atoms with Crippen molar-refractivity contribution in [1.82, 2.24) is 5.32 Å². The summed E-state index contributed by atoms with van der Waals surface area (Å²) in [5.41, 5.74) is 5.27. The highest BCUT2D eigenvalue weighted by Gasteiger charge is 1.99. The van der Waals surface area contributed by atoms with Crippen LogP contribution >= 0.6 is 0 Å². The number of ether oxygens (including phenoxy) is 2. The molecule has 0 aliphatic rings. The predicted octanol–water partition coefficient (Wildman–Crippen LogP) is 1.06. The van der Waals surface area contributed by atoms with E-state index in [1.807, 2.05) is 0 Å². The van der Waals surface area contributed by atoms with Crippen molar-refractivity contribution in [2.24, 2.45) is 5.73 Å². The third kappa shape index (κ3) is 13.4. The van der Waals surface area contributed by atoms with E-state index >= 15 is 0 Å². The van der Waals surface area contributed by atoms with Gasteiger partial charge in [-0.2, -0.15) is 0 Å². The predicted molar refractivity (Wildman–Crippen MR) is 72.5 cm³/mol. The molecule has 0 aliphatic heterocycles. The molecule has 0 atom stereocenters. The lowest BCUT2D eigenvalue weighted by molar-refractivity contribution is -0.121. The quantitative estimate of drug-likeness (QED) is 0.486. The van der Waals surface area contributed by atoms with Gasteiger partial charge < -0.3 is 20.5 Å². The van der Waals surface area contributed by atoms with Crippen LogP contribution in [0.15, 0.2) is 0 Å². The fourth-order valence-corrected chi connectivity index (χ4v) is 1.47. The number of hydrogen-bond donors (Lipinski definition) is 2. The van der Waals surface area contributed by atoms with Crippen molar-refractivity contribution >= 4 is 5.91 Å². The highest BCUT2D eigenvalue weighted by molar-refractivity contribution is 5.75. The number of nitrogens with one attached hydrogen (secondary N) is 1. The van der Waals surface area contributed by atoms with Crippen LogP contribution in [0.3, 0.4) is 0 Å². The molecule has 0 saturated heterocycles. The zero-order valence-electron chi connectivity index (χ0n) is 11.6. The van der Waals surface area contributed by atoms with Crippen LogP contribution in [0.25, 0.3) is 0 Å². The summed E-state index contributed by atoms with van der Waals surface area (Å²) in [6.07, 6.45) is 5.15. The Morgan fingerprint density at radius 1 is 1.06 bits per heavy atom. The summed E-state index contributed by atoms with van der Waals surface area (Å²) in [5, 5.41) is 2.84. The first-order valence-corrected chi connectivity index (χ1v) is 6.93. The summed E-state index contributed by atoms with van der Waals surface area (Å²) in [7, 11) is 0. The molecule has 0 rings (SSSR count). The first-order valence-electron chi connectivity index (χ1n) is 6.93. The van der Waals surface area contributed by atoms with Gasteiger partial charge in [0, 0.05) is 19.5 Å². The normalized spacial score (nSPS) is 10.6. The molecule has 0 fully saturated rings. The fraction of sp³-hybridized carbons (Fsp3) is 0.923. The molecule has 0 aromatic carbocycles. The fourth-order valence-electron chi connectivity index (χ4n) is 1.47. The maximum absolute atomic E-state index is 11.4. The van der Waals surface area contributed by atoms with E-state index < -0.39 is 0 Å². The van der Waals surface area contributed by atoms with E-state index in [-0.39, 0.29) is 5.91 Å². The van der Waals surface area contributed by atoms with Gasteiger partial charge in [0.05, 0.1) is 26.4 Å². The topological polar surface area (TPSA) is 73.6 Å². The van der Waals surface area contributed by atoms with Crippen molar-refractivity contribution in [3.8, 4) is 0 Å². The van der Waals surface area contributed by atoms with Crippen LogP contribution in [0.2, 0.25) is 0 Å². The van der Waals surface area contributed by atoms with Crippen LogP contribution in [0.1, 0.15) is 39.0 Å². The maximum atomic E-state index is 11.4. The molecule has 0 aliphatic carbocycles. The largest absolute Gasteiger partial charge is 0.378 e. The van der Waals surface area contributed by atoms with E-state index in [9.17, 15) is 4.79 Å². The van der Waals surface area contributed by atoms with Gasteiger partial charge in [0.15, 0.2) is 0 Å². The van der Waals surface area contributed by atoms with Gasteiger partial charge in [-0.1, -0.05) is 26.2 Å². The third-order valence-electron chi connectivity index (χ3n) is 2.46. The van der Waals surface area contributed by atoms with Gasteiger partial charge in [-0.3, -0.25) is 4.79 Å². The van der Waals surface area contributed by atoms with Gasteiger partial charge in [0.2, 0.25) is 5.91 Å². The summed E-state index contributed by atoms with van der Waals surface area (Å²) in [6.45, 7) is 5.48. The Kier molecular flexibility index (Phi) is 13.9. The molecular weight excluding hydrogens is 232 g/mol. The Balaban J connectivity index is 3.10. The summed E-state index contributed by atoms with van der Waals surface area (Å²) in [5.74, 6) is 0.120. The number of amides is 1. The van der Waals surface area contributed by atoms with Gasteiger partial charge in [0.25, 0.3) is 0 Å². The highest BCUT2D eigenvalue weighted by atomic mass is 16.5. The lowest BCUT2D eigenvalue weighted by atomic mass is 10.1. The van der Waals surface area contributed by atoms with Crippen molar-refractivity contribution in [2.45, 2.75) is 39.0 Å². The first-order chi connectivity index (χ1) is 8.81. The molecule has 18 heavy (non-hydrogen) atoms. The molecule has 5 nitrogen and oxygen atoms in total. The standard InChI is InChI=1S/C13H28N2O3/c1-2-3-4-5-6-13(16)15-8-10-18-12-11-17-9-7-14/h2-12,14H2,1H3,(H,15,16). The summed E-state index contributed by atoms with van der Waals surface area (Å²) in [4.78, 5) is 11.4. The summed E-state index contributed by atoms with van der Waals surface area (Å²) < 4.78 is 10.4. The highest BCUT2D eigenvalue weighted by Crippen LogP contribution is 2.01. The van der Waals surface area contributed by atoms with E-state index in [4.69, 9.17) is 15.2 Å². The number of unbranched alkanes of at least 4 members (excludes halogenated alkanes) is 3. The average molecular weight is 260 g/mol. The first kappa shape index (κ1) is 17.4. The molecule has 0 aromatic heterocycles. The number of nitrogens with two attached hydrogens (primary N) is 1. The molecule has 0 spiro atoms. The van der Waals surface area contributed by atoms with Gasteiger partial charge in [0.1, 0.15) is 0 Å². The zero-order valence-corrected chi connectivity index (χ0v) is 11.6. The monoisotopic (exact) mass is 260 g/mol. The van der Waals surface area contributed by atoms with E-state index in [1.165, 1.54) is 12.8 Å². The lowest BCUT2D eigenvalue weighted by Gasteiger charge is -2.06. The van der Waals surface area contributed by atoms with E-state index in [1.54, 1.807) is 0 Å². The number of carbonyl (C=O) groups is 1. The van der Waals surface area contributed by atoms with E-state index in [0.717, 1.165) is 12.8 Å². The minimum absolute atomic E-state index is 0.120. The van der Waals surface area contributed by atoms with Crippen molar-refractivity contribution < 1.29 is 14.3 Å². The summed E-state index contributed by atoms with van der Waals surface area (Å²) in [6, 6.07) is 0. The molecule has 1 amide bonds. The Morgan fingerprint density at radius 3 is 2.44 bits per heavy atom. The molecule has 3 N–H and O–H groups in total. The second-order valence-electron chi connectivity index (χ2n) is 4.17. The van der Waals surface area contributed by atoms with Crippen LogP contribution in [-0.2, 0) is 14.3 Å². The van der Waals surface area contributed by atoms with E-state index in [0.29, 0.717) is 45.9 Å². The lowest BCUT2D eigenvalue weighted by Crippen LogP contribution is -2.27. The van der Waals surface area contributed by atoms with Crippen LogP contribution in [0.4, 0.5) is 0 Å². The smallest absolute Gasteiger partial charge is 0.220 e. The molecule has 0 aromatic rings. The molecule has 0 bridgehead atoms. The molecule has 0 heterocycles. The maximum Gasteiger partial charge on any atom is 0.220 e. The third-order valence-corrected chi connectivity index (χ3v) is 2.46. The van der Waals surface area contributed by atoms with Gasteiger partial charge in [-0.25, -0.2) is 0 Å². The van der Waals surface area contributed by atoms with Crippen LogP contribution in [-0.4, -0.2) is 45.4 Å². The van der Waals surface area contributed by atoms with Gasteiger partial charge in [-0.05, 0) is 6.42 Å². The SMILES string of the molecule is CCCCCCC(=O)NCCOCCOCCN. The average Bonchev–Trinajstić information content (AvgIpc) is 2.38. The zero-order chi connectivity index (χ0) is 13.5. The Morgan fingerprint density at radius 2 is 1.78 bits per heavy atom. The van der Waals surface area contributed by atoms with E-state index in [2.05, 4.69) is 12.2 Å². The molecule has 0 radical (unpaired) electrons. The number of hydrogen-bond acceptors (Lipinski definition) is 4. The molecule has 108 valence electrons. The Labute approximate surface area is 110 Å².